The first-order chi connectivity index (χ1) is 10.8. The highest BCUT2D eigenvalue weighted by molar-refractivity contribution is 9.10. The first-order valence-electron chi connectivity index (χ1n) is 6.91. The largest absolute Gasteiger partial charge is 0.308 e. The zero-order valence-electron chi connectivity index (χ0n) is 11.6. The van der Waals surface area contributed by atoms with Crippen molar-refractivity contribution in [3.8, 4) is 0 Å². The lowest BCUT2D eigenvalue weighted by molar-refractivity contribution is 0.682. The van der Waals surface area contributed by atoms with E-state index < -0.39 is 10.8 Å². The Morgan fingerprint density at radius 2 is 1.45 bits per heavy atom. The lowest BCUT2D eigenvalue weighted by atomic mass is 10.2. The molecule has 1 aliphatic rings. The lowest BCUT2D eigenvalue weighted by Gasteiger charge is -2.32. The van der Waals surface area contributed by atoms with E-state index in [9.17, 15) is 4.21 Å². The Labute approximate surface area is 140 Å². The highest BCUT2D eigenvalue weighted by atomic mass is 79.9. The van der Waals surface area contributed by atoms with Crippen LogP contribution in [0.4, 0.5) is 17.1 Å². The molecule has 0 saturated heterocycles. The topological polar surface area (TPSA) is 20.3 Å². The molecule has 1 aliphatic heterocycles. The molecular weight excluding hydrogens is 358 g/mol. The smallest absolute Gasteiger partial charge is 0.0892 e. The van der Waals surface area contributed by atoms with Crippen LogP contribution in [-0.4, -0.2) is 4.21 Å². The van der Waals surface area contributed by atoms with Gasteiger partial charge in [-0.25, -0.2) is 4.21 Å². The minimum atomic E-state index is -1.17. The molecule has 0 bridgehead atoms. The number of fused-ring (bicyclic) bond motifs is 2. The zero-order valence-corrected chi connectivity index (χ0v) is 14.0. The first kappa shape index (κ1) is 13.7. The highest BCUT2D eigenvalue weighted by Crippen LogP contribution is 2.46. The van der Waals surface area contributed by atoms with Gasteiger partial charge in [0.2, 0.25) is 0 Å². The van der Waals surface area contributed by atoms with Crippen molar-refractivity contribution in [1.82, 2.24) is 0 Å². The Balaban J connectivity index is 2.03. The quantitative estimate of drug-likeness (QED) is 0.447. The summed E-state index contributed by atoms with van der Waals surface area (Å²) in [6.07, 6.45) is 0. The highest BCUT2D eigenvalue weighted by Gasteiger charge is 2.28. The Morgan fingerprint density at radius 1 is 0.773 bits per heavy atom. The third-order valence-corrected chi connectivity index (χ3v) is 5.65. The number of para-hydroxylation sites is 2. The fourth-order valence-electron chi connectivity index (χ4n) is 2.72. The Hall–Kier alpha value is -1.91. The molecule has 22 heavy (non-hydrogen) atoms. The number of hydrogen-bond donors (Lipinski definition) is 0. The van der Waals surface area contributed by atoms with Crippen LogP contribution >= 0.6 is 15.9 Å². The second kappa shape index (κ2) is 5.38. The predicted octanol–water partition coefficient (Wildman–Crippen LogP) is 5.40. The van der Waals surface area contributed by atoms with Gasteiger partial charge in [-0.05, 0) is 42.5 Å². The summed E-state index contributed by atoms with van der Waals surface area (Å²) in [7, 11) is -1.17. The first-order valence-corrected chi connectivity index (χ1v) is 8.85. The van der Waals surface area contributed by atoms with Crippen molar-refractivity contribution in [3.63, 3.8) is 0 Å². The number of anilines is 3. The summed E-state index contributed by atoms with van der Waals surface area (Å²) in [5.74, 6) is 0. The molecule has 0 spiro atoms. The summed E-state index contributed by atoms with van der Waals surface area (Å²) in [4.78, 5) is 3.84. The van der Waals surface area contributed by atoms with Crippen LogP contribution in [0, 0.1) is 0 Å². The van der Waals surface area contributed by atoms with Gasteiger partial charge in [-0.3, -0.25) is 0 Å². The van der Waals surface area contributed by atoms with Crippen molar-refractivity contribution in [2.45, 2.75) is 9.79 Å². The molecule has 0 radical (unpaired) electrons. The Morgan fingerprint density at radius 3 is 2.27 bits per heavy atom. The molecule has 0 aliphatic carbocycles. The monoisotopic (exact) mass is 369 g/mol. The van der Waals surface area contributed by atoms with E-state index in [-0.39, 0.29) is 0 Å². The molecule has 0 N–H and O–H groups in total. The molecule has 0 saturated carbocycles. The average molecular weight is 370 g/mol. The van der Waals surface area contributed by atoms with Crippen molar-refractivity contribution >= 4 is 43.8 Å². The van der Waals surface area contributed by atoms with Gasteiger partial charge in [-0.1, -0.05) is 46.3 Å². The van der Waals surface area contributed by atoms with Gasteiger partial charge in [0.25, 0.3) is 0 Å². The minimum absolute atomic E-state index is 0.830. The second-order valence-electron chi connectivity index (χ2n) is 5.02. The Kier molecular flexibility index (Phi) is 3.36. The Bertz CT molecular complexity index is 879. The molecule has 2 nitrogen and oxygen atoms in total. The van der Waals surface area contributed by atoms with Crippen LogP contribution in [0.5, 0.6) is 0 Å². The fourth-order valence-corrected chi connectivity index (χ4v) is 4.61. The van der Waals surface area contributed by atoms with Gasteiger partial charge >= 0.3 is 0 Å². The van der Waals surface area contributed by atoms with Gasteiger partial charge in [0.15, 0.2) is 0 Å². The molecule has 0 amide bonds. The number of halogens is 1. The number of hydrogen-bond acceptors (Lipinski definition) is 2. The van der Waals surface area contributed by atoms with Crippen molar-refractivity contribution < 1.29 is 4.21 Å². The van der Waals surface area contributed by atoms with Crippen LogP contribution in [0.2, 0.25) is 0 Å². The van der Waals surface area contributed by atoms with E-state index in [1.165, 1.54) is 0 Å². The molecular formula is C18H12BrNOS. The molecule has 108 valence electrons. The van der Waals surface area contributed by atoms with Crippen molar-refractivity contribution in [2.75, 3.05) is 4.90 Å². The standard InChI is InChI=1S/C18H12BrNOS/c19-13-10-11-16-18(12-13)22(21)17-9-5-4-8-15(17)20(16)14-6-2-1-3-7-14/h1-12H. The fraction of sp³-hybridized carbons (Fsp3) is 0. The van der Waals surface area contributed by atoms with E-state index in [1.54, 1.807) is 0 Å². The third kappa shape index (κ3) is 2.11. The normalized spacial score (nSPS) is 16.0. The summed E-state index contributed by atoms with van der Waals surface area (Å²) in [5.41, 5.74) is 3.00. The minimum Gasteiger partial charge on any atom is -0.308 e. The summed E-state index contributed by atoms with van der Waals surface area (Å²) in [6.45, 7) is 0. The third-order valence-electron chi connectivity index (χ3n) is 3.68. The van der Waals surface area contributed by atoms with Gasteiger partial charge in [-0.15, -0.1) is 0 Å². The average Bonchev–Trinajstić information content (AvgIpc) is 2.57. The molecule has 3 aromatic carbocycles. The van der Waals surface area contributed by atoms with Crippen molar-refractivity contribution in [1.29, 1.82) is 0 Å². The SMILES string of the molecule is O=S1c2ccccc2N(c2ccccc2)c2ccc(Br)cc21. The second-order valence-corrected chi connectivity index (χ2v) is 7.35. The van der Waals surface area contributed by atoms with E-state index >= 15 is 0 Å². The molecule has 4 heteroatoms. The molecule has 0 aromatic heterocycles. The number of benzene rings is 3. The van der Waals surface area contributed by atoms with Crippen LogP contribution < -0.4 is 4.90 Å². The van der Waals surface area contributed by atoms with Crippen LogP contribution in [0.1, 0.15) is 0 Å². The lowest BCUT2D eigenvalue weighted by Crippen LogP contribution is -2.19. The van der Waals surface area contributed by atoms with Gasteiger partial charge in [0.1, 0.15) is 0 Å². The van der Waals surface area contributed by atoms with E-state index in [0.29, 0.717) is 0 Å². The van der Waals surface area contributed by atoms with Gasteiger partial charge in [-0.2, -0.15) is 0 Å². The van der Waals surface area contributed by atoms with Gasteiger partial charge in [0, 0.05) is 10.2 Å². The molecule has 1 unspecified atom stereocenters. The molecule has 0 fully saturated rings. The zero-order chi connectivity index (χ0) is 15.1. The van der Waals surface area contributed by atoms with Crippen molar-refractivity contribution in [3.05, 3.63) is 77.3 Å². The van der Waals surface area contributed by atoms with Crippen LogP contribution in [-0.2, 0) is 10.8 Å². The molecule has 3 aromatic rings. The molecule has 1 heterocycles. The van der Waals surface area contributed by atoms with Gasteiger partial charge < -0.3 is 4.90 Å². The maximum absolute atomic E-state index is 12.9. The van der Waals surface area contributed by atoms with E-state index in [1.807, 2.05) is 60.7 Å². The summed E-state index contributed by atoms with van der Waals surface area (Å²) in [6, 6.07) is 24.0. The van der Waals surface area contributed by atoms with Crippen LogP contribution in [0.15, 0.2) is 87.1 Å². The van der Waals surface area contributed by atoms with Crippen LogP contribution in [0.3, 0.4) is 0 Å². The number of nitrogens with zero attached hydrogens (tertiary/aromatic N) is 1. The van der Waals surface area contributed by atoms with E-state index in [2.05, 4.69) is 33.0 Å². The van der Waals surface area contributed by atoms with Crippen LogP contribution in [0.25, 0.3) is 0 Å². The van der Waals surface area contributed by atoms with Crippen molar-refractivity contribution in [2.24, 2.45) is 0 Å². The maximum Gasteiger partial charge on any atom is 0.0892 e. The molecule has 1 atom stereocenters. The van der Waals surface area contributed by atoms with E-state index in [0.717, 1.165) is 31.3 Å². The predicted molar refractivity (Wildman–Crippen MR) is 93.5 cm³/mol. The maximum atomic E-state index is 12.9. The summed E-state index contributed by atoms with van der Waals surface area (Å²) >= 11 is 3.48. The van der Waals surface area contributed by atoms with Gasteiger partial charge in [0.05, 0.1) is 32.0 Å². The number of rotatable bonds is 1. The summed E-state index contributed by atoms with van der Waals surface area (Å²) in [5, 5.41) is 0. The summed E-state index contributed by atoms with van der Waals surface area (Å²) < 4.78 is 13.8. The van der Waals surface area contributed by atoms with E-state index in [4.69, 9.17) is 0 Å². The molecule has 4 rings (SSSR count).